The summed E-state index contributed by atoms with van der Waals surface area (Å²) in [5.41, 5.74) is 1.68. The number of anilines is 1. The first-order valence-electron chi connectivity index (χ1n) is 10.6. The van der Waals surface area contributed by atoms with Crippen LogP contribution in [0.2, 0.25) is 0 Å². The summed E-state index contributed by atoms with van der Waals surface area (Å²) in [6.45, 7) is 1.16. The van der Waals surface area contributed by atoms with E-state index in [9.17, 15) is 14.0 Å². The number of benzene rings is 3. The maximum Gasteiger partial charge on any atom is 0.262 e. The highest BCUT2D eigenvalue weighted by atomic mass is 32.2. The number of halogens is 1. The number of hydrogen-bond acceptors (Lipinski definition) is 6. The molecule has 1 aromatic heterocycles. The Hall–Kier alpha value is -3.85. The van der Waals surface area contributed by atoms with Gasteiger partial charge in [0.1, 0.15) is 19.0 Å². The van der Waals surface area contributed by atoms with E-state index in [1.807, 2.05) is 6.07 Å². The van der Waals surface area contributed by atoms with Crippen LogP contribution in [0, 0.1) is 5.82 Å². The molecular formula is C25H20FN3O4S. The Kier molecular flexibility index (Phi) is 6.18. The molecule has 1 amide bonds. The molecule has 0 saturated carbocycles. The van der Waals surface area contributed by atoms with Gasteiger partial charge in [-0.1, -0.05) is 36.0 Å². The maximum absolute atomic E-state index is 13.3. The first-order valence-corrected chi connectivity index (χ1v) is 11.6. The number of hydrogen-bond donors (Lipinski definition) is 1. The van der Waals surface area contributed by atoms with E-state index in [0.29, 0.717) is 46.5 Å². The lowest BCUT2D eigenvalue weighted by atomic mass is 10.2. The van der Waals surface area contributed by atoms with Crippen molar-refractivity contribution in [3.05, 3.63) is 88.5 Å². The fourth-order valence-corrected chi connectivity index (χ4v) is 4.42. The number of ether oxygens (including phenoxy) is 2. The summed E-state index contributed by atoms with van der Waals surface area (Å²) in [6, 6.07) is 18.2. The van der Waals surface area contributed by atoms with E-state index >= 15 is 0 Å². The predicted molar refractivity (Wildman–Crippen MR) is 128 cm³/mol. The Labute approximate surface area is 198 Å². The molecule has 172 valence electrons. The summed E-state index contributed by atoms with van der Waals surface area (Å²) >= 11 is 1.16. The number of amides is 1. The minimum atomic E-state index is -0.349. The third kappa shape index (κ3) is 4.74. The molecular weight excluding hydrogens is 457 g/mol. The summed E-state index contributed by atoms with van der Waals surface area (Å²) in [7, 11) is 0. The van der Waals surface area contributed by atoms with E-state index in [4.69, 9.17) is 9.47 Å². The van der Waals surface area contributed by atoms with Crippen LogP contribution in [0.4, 0.5) is 10.1 Å². The largest absolute Gasteiger partial charge is 0.486 e. The fourth-order valence-electron chi connectivity index (χ4n) is 3.62. The second-order valence-corrected chi connectivity index (χ2v) is 8.57. The van der Waals surface area contributed by atoms with Crippen molar-refractivity contribution in [3.63, 3.8) is 0 Å². The van der Waals surface area contributed by atoms with E-state index in [0.717, 1.165) is 17.3 Å². The smallest absolute Gasteiger partial charge is 0.262 e. The number of thioether (sulfide) groups is 1. The van der Waals surface area contributed by atoms with Crippen LogP contribution in [0.3, 0.4) is 0 Å². The van der Waals surface area contributed by atoms with Gasteiger partial charge in [-0.15, -0.1) is 0 Å². The number of carbonyl (C=O) groups excluding carboxylic acids is 1. The third-order valence-corrected chi connectivity index (χ3v) is 6.22. The van der Waals surface area contributed by atoms with Crippen molar-refractivity contribution in [3.8, 4) is 11.5 Å². The van der Waals surface area contributed by atoms with Crippen molar-refractivity contribution in [1.29, 1.82) is 0 Å². The van der Waals surface area contributed by atoms with Gasteiger partial charge in [0, 0.05) is 11.8 Å². The first kappa shape index (κ1) is 22.0. The van der Waals surface area contributed by atoms with Crippen molar-refractivity contribution >= 4 is 34.3 Å². The van der Waals surface area contributed by atoms with Gasteiger partial charge in [0.25, 0.3) is 5.56 Å². The summed E-state index contributed by atoms with van der Waals surface area (Å²) < 4.78 is 25.9. The average molecular weight is 478 g/mol. The first-order chi connectivity index (χ1) is 16.6. The zero-order valence-electron chi connectivity index (χ0n) is 18.0. The summed E-state index contributed by atoms with van der Waals surface area (Å²) in [5.74, 6) is 0.670. The molecule has 34 heavy (non-hydrogen) atoms. The van der Waals surface area contributed by atoms with Gasteiger partial charge in [-0.2, -0.15) is 0 Å². The minimum Gasteiger partial charge on any atom is -0.486 e. The summed E-state index contributed by atoms with van der Waals surface area (Å²) in [6.07, 6.45) is 0. The minimum absolute atomic E-state index is 0.0443. The Balaban J connectivity index is 1.37. The molecule has 0 saturated heterocycles. The van der Waals surface area contributed by atoms with Gasteiger partial charge in [0.15, 0.2) is 16.7 Å². The number of aromatic nitrogens is 2. The van der Waals surface area contributed by atoms with Crippen LogP contribution in [0.1, 0.15) is 5.56 Å². The van der Waals surface area contributed by atoms with Gasteiger partial charge < -0.3 is 14.8 Å². The molecule has 2 heterocycles. The highest BCUT2D eigenvalue weighted by Crippen LogP contribution is 2.32. The van der Waals surface area contributed by atoms with E-state index in [1.54, 1.807) is 48.5 Å². The van der Waals surface area contributed by atoms with Gasteiger partial charge in [0.05, 0.1) is 23.2 Å². The molecule has 1 aliphatic rings. The number of rotatable bonds is 6. The molecule has 3 aromatic carbocycles. The number of nitrogens with zero attached hydrogens (tertiary/aromatic N) is 2. The van der Waals surface area contributed by atoms with Gasteiger partial charge in [0.2, 0.25) is 5.91 Å². The van der Waals surface area contributed by atoms with E-state index in [1.165, 1.54) is 16.7 Å². The Morgan fingerprint density at radius 1 is 1.03 bits per heavy atom. The second kappa shape index (κ2) is 9.56. The SMILES string of the molecule is O=C(CSc1nc2ccccc2c(=O)n1Cc1ccc(F)cc1)Nc1ccc2c(c1)OCCO2. The van der Waals surface area contributed by atoms with E-state index < -0.39 is 0 Å². The molecule has 0 aliphatic carbocycles. The molecule has 0 radical (unpaired) electrons. The number of nitrogens with one attached hydrogen (secondary N) is 1. The van der Waals surface area contributed by atoms with Crippen LogP contribution in [0.5, 0.6) is 11.5 Å². The Bertz CT molecular complexity index is 1420. The van der Waals surface area contributed by atoms with Crippen LogP contribution < -0.4 is 20.3 Å². The predicted octanol–water partition coefficient (Wildman–Crippen LogP) is 4.09. The Morgan fingerprint density at radius 3 is 2.62 bits per heavy atom. The number of carbonyl (C=O) groups is 1. The van der Waals surface area contributed by atoms with Gasteiger partial charge in [-0.3, -0.25) is 14.2 Å². The van der Waals surface area contributed by atoms with E-state index in [-0.39, 0.29) is 29.6 Å². The topological polar surface area (TPSA) is 82.5 Å². The molecule has 5 rings (SSSR count). The second-order valence-electron chi connectivity index (χ2n) is 7.62. The zero-order chi connectivity index (χ0) is 23.5. The van der Waals surface area contributed by atoms with E-state index in [2.05, 4.69) is 10.3 Å². The van der Waals surface area contributed by atoms with Crippen LogP contribution in [-0.4, -0.2) is 34.4 Å². The molecule has 9 heteroatoms. The maximum atomic E-state index is 13.3. The molecule has 4 aromatic rings. The Morgan fingerprint density at radius 2 is 1.79 bits per heavy atom. The molecule has 7 nitrogen and oxygen atoms in total. The molecule has 0 fully saturated rings. The summed E-state index contributed by atoms with van der Waals surface area (Å²) in [5, 5.41) is 3.73. The van der Waals surface area contributed by atoms with Gasteiger partial charge >= 0.3 is 0 Å². The quantitative estimate of drug-likeness (QED) is 0.333. The lowest BCUT2D eigenvalue weighted by Gasteiger charge is -2.19. The molecule has 0 bridgehead atoms. The average Bonchev–Trinajstić information content (AvgIpc) is 2.86. The molecule has 1 aliphatic heterocycles. The number of para-hydroxylation sites is 1. The van der Waals surface area contributed by atoms with Crippen molar-refractivity contribution in [1.82, 2.24) is 9.55 Å². The lowest BCUT2D eigenvalue weighted by molar-refractivity contribution is -0.113. The normalized spacial score (nSPS) is 12.5. The highest BCUT2D eigenvalue weighted by Gasteiger charge is 2.16. The third-order valence-electron chi connectivity index (χ3n) is 5.24. The molecule has 0 atom stereocenters. The lowest BCUT2D eigenvalue weighted by Crippen LogP contribution is -2.25. The zero-order valence-corrected chi connectivity index (χ0v) is 18.8. The van der Waals surface area contributed by atoms with Crippen LogP contribution >= 0.6 is 11.8 Å². The van der Waals surface area contributed by atoms with Gasteiger partial charge in [-0.25, -0.2) is 9.37 Å². The van der Waals surface area contributed by atoms with Crippen LogP contribution in [-0.2, 0) is 11.3 Å². The molecule has 0 spiro atoms. The molecule has 0 unspecified atom stereocenters. The van der Waals surface area contributed by atoms with Crippen molar-refractivity contribution in [2.45, 2.75) is 11.7 Å². The monoisotopic (exact) mass is 477 g/mol. The van der Waals surface area contributed by atoms with Crippen LogP contribution in [0.25, 0.3) is 10.9 Å². The van der Waals surface area contributed by atoms with Gasteiger partial charge in [-0.05, 0) is 42.0 Å². The van der Waals surface area contributed by atoms with Crippen LogP contribution in [0.15, 0.2) is 76.7 Å². The highest BCUT2D eigenvalue weighted by molar-refractivity contribution is 7.99. The number of fused-ring (bicyclic) bond motifs is 2. The molecule has 1 N–H and O–H groups in total. The standard InChI is InChI=1S/C25H20FN3O4S/c26-17-7-5-16(6-8-17)14-29-24(31)19-3-1-2-4-20(19)28-25(29)34-15-23(30)27-18-9-10-21-22(13-18)33-12-11-32-21/h1-10,13H,11-12,14-15H2,(H,27,30). The fraction of sp³-hybridized carbons (Fsp3) is 0.160. The van der Waals surface area contributed by atoms with Crippen molar-refractivity contribution in [2.24, 2.45) is 0 Å². The van der Waals surface area contributed by atoms with Crippen molar-refractivity contribution < 1.29 is 18.7 Å². The summed E-state index contributed by atoms with van der Waals surface area (Å²) in [4.78, 5) is 30.5. The van der Waals surface area contributed by atoms with Crippen molar-refractivity contribution in [2.75, 3.05) is 24.3 Å².